The van der Waals surface area contributed by atoms with Crippen LogP contribution in [0, 0.1) is 0 Å². The number of piperidine rings is 1. The van der Waals surface area contributed by atoms with Crippen molar-refractivity contribution in [1.82, 2.24) is 15.3 Å². The van der Waals surface area contributed by atoms with Crippen LogP contribution < -0.4 is 10.6 Å². The lowest BCUT2D eigenvalue weighted by Gasteiger charge is -2.20. The van der Waals surface area contributed by atoms with E-state index in [2.05, 4.69) is 20.6 Å². The number of hydrogen-bond acceptors (Lipinski definition) is 5. The molecule has 2 aromatic rings. The van der Waals surface area contributed by atoms with Gasteiger partial charge in [-0.3, -0.25) is 15.1 Å². The van der Waals surface area contributed by atoms with Crippen LogP contribution in [0.3, 0.4) is 0 Å². The summed E-state index contributed by atoms with van der Waals surface area (Å²) in [6, 6.07) is 3.79. The van der Waals surface area contributed by atoms with Crippen LogP contribution in [0.25, 0.3) is 0 Å². The standard InChI is InChI=1S/C16H20N4OS/c1-2-11-4-3-7-18-14(11)15(21)20-16-19-10-13(22-16)12-5-8-17-9-6-12/h3-4,7,10,12,17H,2,5-6,8-9H2,1H3,(H,19,20,21). The fourth-order valence-corrected chi connectivity index (χ4v) is 3.70. The maximum atomic E-state index is 12.4. The van der Waals surface area contributed by atoms with Gasteiger partial charge >= 0.3 is 0 Å². The van der Waals surface area contributed by atoms with Crippen molar-refractivity contribution < 1.29 is 4.79 Å². The molecule has 0 spiro atoms. The summed E-state index contributed by atoms with van der Waals surface area (Å²) < 4.78 is 0. The third kappa shape index (κ3) is 3.34. The van der Waals surface area contributed by atoms with Crippen molar-refractivity contribution in [3.63, 3.8) is 0 Å². The topological polar surface area (TPSA) is 66.9 Å². The molecule has 5 nitrogen and oxygen atoms in total. The molecule has 2 aromatic heterocycles. The molecule has 3 rings (SSSR count). The first-order valence-corrected chi connectivity index (χ1v) is 8.51. The van der Waals surface area contributed by atoms with Crippen molar-refractivity contribution in [2.45, 2.75) is 32.1 Å². The van der Waals surface area contributed by atoms with Crippen molar-refractivity contribution in [2.24, 2.45) is 0 Å². The van der Waals surface area contributed by atoms with E-state index in [-0.39, 0.29) is 5.91 Å². The number of nitrogens with zero attached hydrogens (tertiary/aromatic N) is 2. The number of aromatic nitrogens is 2. The molecule has 6 heteroatoms. The van der Waals surface area contributed by atoms with Gasteiger partial charge in [-0.05, 0) is 49.9 Å². The van der Waals surface area contributed by atoms with Crippen LogP contribution in [-0.4, -0.2) is 29.0 Å². The summed E-state index contributed by atoms with van der Waals surface area (Å²) in [4.78, 5) is 22.2. The Kier molecular flexibility index (Phi) is 4.80. The van der Waals surface area contributed by atoms with Gasteiger partial charge in [0.2, 0.25) is 0 Å². The van der Waals surface area contributed by atoms with Gasteiger partial charge in [0.15, 0.2) is 5.13 Å². The number of carbonyl (C=O) groups excluding carboxylic acids is 1. The zero-order valence-electron chi connectivity index (χ0n) is 12.6. The molecule has 1 fully saturated rings. The Morgan fingerprint density at radius 3 is 3.00 bits per heavy atom. The first-order valence-electron chi connectivity index (χ1n) is 7.69. The Morgan fingerprint density at radius 2 is 2.23 bits per heavy atom. The highest BCUT2D eigenvalue weighted by Gasteiger charge is 2.19. The van der Waals surface area contributed by atoms with Gasteiger partial charge in [0.1, 0.15) is 5.69 Å². The minimum absolute atomic E-state index is 0.177. The first-order chi connectivity index (χ1) is 10.8. The Hall–Kier alpha value is -1.79. The van der Waals surface area contributed by atoms with Crippen LogP contribution in [-0.2, 0) is 6.42 Å². The van der Waals surface area contributed by atoms with Gasteiger partial charge in [-0.2, -0.15) is 0 Å². The number of pyridine rings is 1. The molecule has 0 aromatic carbocycles. The second-order valence-electron chi connectivity index (χ2n) is 5.41. The van der Waals surface area contributed by atoms with Gasteiger partial charge in [0.25, 0.3) is 5.91 Å². The molecule has 0 atom stereocenters. The van der Waals surface area contributed by atoms with Crippen molar-refractivity contribution >= 4 is 22.4 Å². The maximum absolute atomic E-state index is 12.4. The molecule has 0 aliphatic carbocycles. The highest BCUT2D eigenvalue weighted by Crippen LogP contribution is 2.31. The Bertz CT molecular complexity index is 649. The third-order valence-electron chi connectivity index (χ3n) is 3.97. The number of rotatable bonds is 4. The van der Waals surface area contributed by atoms with E-state index in [1.807, 2.05) is 25.3 Å². The monoisotopic (exact) mass is 316 g/mol. The lowest BCUT2D eigenvalue weighted by atomic mass is 9.97. The highest BCUT2D eigenvalue weighted by molar-refractivity contribution is 7.15. The normalized spacial score (nSPS) is 15.7. The number of thiazole rings is 1. The van der Waals surface area contributed by atoms with E-state index in [9.17, 15) is 4.79 Å². The van der Waals surface area contributed by atoms with Crippen molar-refractivity contribution in [1.29, 1.82) is 0 Å². The number of nitrogens with one attached hydrogen (secondary N) is 2. The van der Waals surface area contributed by atoms with Gasteiger partial charge in [0, 0.05) is 17.3 Å². The molecule has 1 aliphatic rings. The SMILES string of the molecule is CCc1cccnc1C(=O)Nc1ncc(C2CCNCC2)s1. The smallest absolute Gasteiger partial charge is 0.276 e. The molecule has 116 valence electrons. The van der Waals surface area contributed by atoms with Crippen LogP contribution in [0.1, 0.15) is 46.6 Å². The Morgan fingerprint density at radius 1 is 1.41 bits per heavy atom. The van der Waals surface area contributed by atoms with Crippen LogP contribution in [0.4, 0.5) is 5.13 Å². The molecular weight excluding hydrogens is 296 g/mol. The van der Waals surface area contributed by atoms with Crippen LogP contribution in [0.15, 0.2) is 24.5 Å². The number of aryl methyl sites for hydroxylation is 1. The van der Waals surface area contributed by atoms with Crippen LogP contribution in [0.2, 0.25) is 0 Å². The van der Waals surface area contributed by atoms with E-state index in [0.29, 0.717) is 16.7 Å². The molecule has 1 aliphatic heterocycles. The van der Waals surface area contributed by atoms with Gasteiger partial charge in [-0.25, -0.2) is 4.98 Å². The lowest BCUT2D eigenvalue weighted by Crippen LogP contribution is -2.26. The van der Waals surface area contributed by atoms with Crippen molar-refractivity contribution in [3.8, 4) is 0 Å². The zero-order valence-corrected chi connectivity index (χ0v) is 13.4. The Labute approximate surface area is 134 Å². The first kappa shape index (κ1) is 15.1. The minimum Gasteiger partial charge on any atom is -0.317 e. The van der Waals surface area contributed by atoms with Crippen molar-refractivity contribution in [2.75, 3.05) is 18.4 Å². The third-order valence-corrected chi connectivity index (χ3v) is 5.05. The van der Waals surface area contributed by atoms with E-state index in [1.165, 1.54) is 4.88 Å². The summed E-state index contributed by atoms with van der Waals surface area (Å²) >= 11 is 1.58. The molecule has 0 unspecified atom stereocenters. The summed E-state index contributed by atoms with van der Waals surface area (Å²) in [5, 5.41) is 6.91. The van der Waals surface area contributed by atoms with Gasteiger partial charge in [-0.15, -0.1) is 11.3 Å². The fraction of sp³-hybridized carbons (Fsp3) is 0.438. The fourth-order valence-electron chi connectivity index (χ4n) is 2.72. The highest BCUT2D eigenvalue weighted by atomic mass is 32.1. The van der Waals surface area contributed by atoms with E-state index >= 15 is 0 Å². The predicted octanol–water partition coefficient (Wildman–Crippen LogP) is 2.82. The average molecular weight is 316 g/mol. The molecule has 0 radical (unpaired) electrons. The minimum atomic E-state index is -0.177. The second-order valence-corrected chi connectivity index (χ2v) is 6.47. The van der Waals surface area contributed by atoms with E-state index < -0.39 is 0 Å². The van der Waals surface area contributed by atoms with Crippen LogP contribution >= 0.6 is 11.3 Å². The van der Waals surface area contributed by atoms with Crippen LogP contribution in [0.5, 0.6) is 0 Å². The summed E-state index contributed by atoms with van der Waals surface area (Å²) in [5.74, 6) is 0.383. The summed E-state index contributed by atoms with van der Waals surface area (Å²) in [6.45, 7) is 4.13. The van der Waals surface area contributed by atoms with E-state index in [4.69, 9.17) is 0 Å². The van der Waals surface area contributed by atoms with Crippen molar-refractivity contribution in [3.05, 3.63) is 40.7 Å². The molecule has 0 saturated carbocycles. The molecule has 0 bridgehead atoms. The average Bonchev–Trinajstić information content (AvgIpc) is 3.04. The maximum Gasteiger partial charge on any atom is 0.276 e. The number of anilines is 1. The summed E-state index contributed by atoms with van der Waals surface area (Å²) in [6.07, 6.45) is 6.60. The lowest BCUT2D eigenvalue weighted by molar-refractivity contribution is 0.102. The Balaban J connectivity index is 1.70. The van der Waals surface area contributed by atoms with E-state index in [1.54, 1.807) is 17.5 Å². The van der Waals surface area contributed by atoms with Gasteiger partial charge in [-0.1, -0.05) is 13.0 Å². The largest absolute Gasteiger partial charge is 0.317 e. The predicted molar refractivity (Wildman–Crippen MR) is 88.5 cm³/mol. The van der Waals surface area contributed by atoms with E-state index in [0.717, 1.165) is 37.9 Å². The number of amides is 1. The number of carbonyl (C=O) groups is 1. The summed E-state index contributed by atoms with van der Waals surface area (Å²) in [5.41, 5.74) is 1.44. The number of hydrogen-bond donors (Lipinski definition) is 2. The second kappa shape index (κ2) is 6.98. The molecule has 2 N–H and O–H groups in total. The molecular formula is C16H20N4OS. The van der Waals surface area contributed by atoms with Gasteiger partial charge < -0.3 is 5.32 Å². The quantitative estimate of drug-likeness (QED) is 0.910. The molecule has 1 saturated heterocycles. The molecule has 1 amide bonds. The summed E-state index contributed by atoms with van der Waals surface area (Å²) in [7, 11) is 0. The molecule has 22 heavy (non-hydrogen) atoms. The van der Waals surface area contributed by atoms with Gasteiger partial charge in [0.05, 0.1) is 0 Å². The zero-order chi connectivity index (χ0) is 15.4. The molecule has 3 heterocycles.